The monoisotopic (exact) mass is 207 g/mol. The summed E-state index contributed by atoms with van der Waals surface area (Å²) in [5.41, 5.74) is 1.50. The largest absolute Gasteiger partial charge is 0.336 e. The Kier molecular flexibility index (Phi) is 2.47. The van der Waals surface area contributed by atoms with Crippen molar-refractivity contribution in [3.63, 3.8) is 0 Å². The van der Waals surface area contributed by atoms with Gasteiger partial charge in [0.1, 0.15) is 5.82 Å². The zero-order valence-electron chi connectivity index (χ0n) is 8.96. The van der Waals surface area contributed by atoms with E-state index in [1.54, 1.807) is 11.0 Å². The van der Waals surface area contributed by atoms with Crippen LogP contribution in [0.25, 0.3) is 0 Å². The number of carbonyl (C=O) groups is 1. The molecule has 1 heterocycles. The van der Waals surface area contributed by atoms with Gasteiger partial charge in [-0.3, -0.25) is 4.79 Å². The number of nitrogens with zero attached hydrogens (tertiary/aromatic N) is 1. The molecule has 0 radical (unpaired) electrons. The summed E-state index contributed by atoms with van der Waals surface area (Å²) in [4.78, 5) is 13.4. The average molecular weight is 207 g/mol. The van der Waals surface area contributed by atoms with E-state index in [-0.39, 0.29) is 17.8 Å². The minimum Gasteiger partial charge on any atom is -0.336 e. The molecule has 1 amide bonds. The number of amides is 1. The molecule has 0 fully saturated rings. The van der Waals surface area contributed by atoms with E-state index in [4.69, 9.17) is 0 Å². The highest BCUT2D eigenvalue weighted by molar-refractivity contribution is 5.81. The van der Waals surface area contributed by atoms with Gasteiger partial charge in [0.25, 0.3) is 0 Å². The van der Waals surface area contributed by atoms with E-state index >= 15 is 0 Å². The first-order valence-electron chi connectivity index (χ1n) is 5.15. The number of rotatable bonds is 1. The van der Waals surface area contributed by atoms with Crippen LogP contribution in [-0.4, -0.2) is 16.8 Å². The second kappa shape index (κ2) is 3.65. The van der Waals surface area contributed by atoms with Crippen molar-refractivity contribution in [2.45, 2.75) is 32.9 Å². The molecule has 3 heteroatoms. The average Bonchev–Trinajstić information content (AvgIpc) is 2.16. The number of fused-ring (bicyclic) bond motifs is 1. The zero-order chi connectivity index (χ0) is 11.0. The molecule has 0 aliphatic carbocycles. The van der Waals surface area contributed by atoms with Crippen LogP contribution >= 0.6 is 0 Å². The summed E-state index contributed by atoms with van der Waals surface area (Å²) in [7, 11) is 0. The highest BCUT2D eigenvalue weighted by Crippen LogP contribution is 2.23. The normalized spacial score (nSPS) is 15.7. The topological polar surface area (TPSA) is 20.3 Å². The molecule has 0 spiro atoms. The van der Waals surface area contributed by atoms with Gasteiger partial charge in [-0.05, 0) is 25.5 Å². The van der Waals surface area contributed by atoms with Crippen molar-refractivity contribution in [1.82, 2.24) is 4.90 Å². The molecule has 0 saturated carbocycles. The zero-order valence-corrected chi connectivity index (χ0v) is 8.96. The van der Waals surface area contributed by atoms with E-state index in [2.05, 4.69) is 0 Å². The third-order valence-corrected chi connectivity index (χ3v) is 2.83. The Morgan fingerprint density at radius 3 is 2.80 bits per heavy atom. The van der Waals surface area contributed by atoms with E-state index in [0.717, 1.165) is 5.56 Å². The molecule has 0 saturated heterocycles. The summed E-state index contributed by atoms with van der Waals surface area (Å²) in [5.74, 6) is -0.117. The van der Waals surface area contributed by atoms with Crippen LogP contribution < -0.4 is 0 Å². The quantitative estimate of drug-likeness (QED) is 0.690. The van der Waals surface area contributed by atoms with E-state index in [1.165, 1.54) is 6.07 Å². The molecule has 0 bridgehead atoms. The van der Waals surface area contributed by atoms with Crippen LogP contribution in [0.1, 0.15) is 25.0 Å². The Morgan fingerprint density at radius 2 is 2.13 bits per heavy atom. The van der Waals surface area contributed by atoms with Crippen molar-refractivity contribution >= 4 is 5.91 Å². The predicted octanol–water partition coefficient (Wildman–Crippen LogP) is 2.12. The number of hydrogen-bond donors (Lipinski definition) is 0. The smallest absolute Gasteiger partial charge is 0.227 e. The Bertz CT molecular complexity index is 401. The number of halogens is 1. The molecule has 0 N–H and O–H groups in total. The number of benzene rings is 1. The van der Waals surface area contributed by atoms with Crippen LogP contribution in [0.2, 0.25) is 0 Å². The maximum atomic E-state index is 13.5. The fourth-order valence-electron chi connectivity index (χ4n) is 1.94. The summed E-state index contributed by atoms with van der Waals surface area (Å²) in [6.45, 7) is 4.30. The van der Waals surface area contributed by atoms with Gasteiger partial charge < -0.3 is 4.90 Å². The fourth-order valence-corrected chi connectivity index (χ4v) is 1.94. The van der Waals surface area contributed by atoms with Gasteiger partial charge in [-0.1, -0.05) is 12.1 Å². The van der Waals surface area contributed by atoms with Gasteiger partial charge >= 0.3 is 0 Å². The Hall–Kier alpha value is -1.38. The number of carbonyl (C=O) groups excluding carboxylic acids is 1. The number of hydrogen-bond acceptors (Lipinski definition) is 1. The molecule has 0 unspecified atom stereocenters. The maximum Gasteiger partial charge on any atom is 0.227 e. The highest BCUT2D eigenvalue weighted by atomic mass is 19.1. The molecule has 0 aromatic heterocycles. The van der Waals surface area contributed by atoms with E-state index in [0.29, 0.717) is 18.5 Å². The van der Waals surface area contributed by atoms with Crippen molar-refractivity contribution in [2.24, 2.45) is 0 Å². The van der Waals surface area contributed by atoms with Gasteiger partial charge in [0, 0.05) is 18.2 Å². The van der Waals surface area contributed by atoms with Gasteiger partial charge in [0.15, 0.2) is 0 Å². The van der Waals surface area contributed by atoms with Crippen molar-refractivity contribution < 1.29 is 9.18 Å². The van der Waals surface area contributed by atoms with Crippen LogP contribution in [0.4, 0.5) is 4.39 Å². The first kappa shape index (κ1) is 10.1. The van der Waals surface area contributed by atoms with Crippen molar-refractivity contribution in [3.8, 4) is 0 Å². The predicted molar refractivity (Wildman–Crippen MR) is 55.8 cm³/mol. The van der Waals surface area contributed by atoms with Crippen molar-refractivity contribution in [3.05, 3.63) is 35.1 Å². The summed E-state index contributed by atoms with van der Waals surface area (Å²) in [6, 6.07) is 5.07. The first-order valence-corrected chi connectivity index (χ1v) is 5.15. The van der Waals surface area contributed by atoms with Crippen molar-refractivity contribution in [2.75, 3.05) is 0 Å². The minimum absolute atomic E-state index is 0.0862. The molecule has 1 aliphatic rings. The second-order valence-corrected chi connectivity index (χ2v) is 4.17. The summed E-state index contributed by atoms with van der Waals surface area (Å²) in [6.07, 6.45) is 0.325. The van der Waals surface area contributed by atoms with Crippen LogP contribution in [0.3, 0.4) is 0 Å². The molecular weight excluding hydrogens is 193 g/mol. The van der Waals surface area contributed by atoms with Gasteiger partial charge in [0.2, 0.25) is 5.91 Å². The molecule has 1 aromatic rings. The first-order chi connectivity index (χ1) is 7.09. The van der Waals surface area contributed by atoms with Gasteiger partial charge in [0.05, 0.1) is 6.42 Å². The van der Waals surface area contributed by atoms with E-state index in [9.17, 15) is 9.18 Å². The highest BCUT2D eigenvalue weighted by Gasteiger charge is 2.26. The standard InChI is InChI=1S/C12H14FNO/c1-8(2)14-7-10-9(6-12(14)15)4-3-5-11(10)13/h3-5,8H,6-7H2,1-2H3. The lowest BCUT2D eigenvalue weighted by atomic mass is 9.98. The molecule has 2 nitrogen and oxygen atoms in total. The molecule has 1 aromatic carbocycles. The minimum atomic E-state index is -0.203. The fraction of sp³-hybridized carbons (Fsp3) is 0.417. The van der Waals surface area contributed by atoms with E-state index in [1.807, 2.05) is 19.9 Å². The van der Waals surface area contributed by atoms with Gasteiger partial charge in [-0.15, -0.1) is 0 Å². The van der Waals surface area contributed by atoms with E-state index < -0.39 is 0 Å². The maximum absolute atomic E-state index is 13.5. The molecule has 15 heavy (non-hydrogen) atoms. The molecule has 2 rings (SSSR count). The van der Waals surface area contributed by atoms with Gasteiger partial charge in [-0.25, -0.2) is 4.39 Å². The third kappa shape index (κ3) is 1.74. The lowest BCUT2D eigenvalue weighted by Crippen LogP contribution is -2.41. The SMILES string of the molecule is CC(C)N1Cc2c(F)cccc2CC1=O. The summed E-state index contributed by atoms with van der Waals surface area (Å²) in [5, 5.41) is 0. The Morgan fingerprint density at radius 1 is 1.40 bits per heavy atom. The van der Waals surface area contributed by atoms with Gasteiger partial charge in [-0.2, -0.15) is 0 Å². The summed E-state index contributed by atoms with van der Waals surface area (Å²) < 4.78 is 13.5. The van der Waals surface area contributed by atoms with Crippen molar-refractivity contribution in [1.29, 1.82) is 0 Å². The molecule has 80 valence electrons. The van der Waals surface area contributed by atoms with Crippen LogP contribution in [-0.2, 0) is 17.8 Å². The molecular formula is C12H14FNO. The molecule has 0 atom stereocenters. The lowest BCUT2D eigenvalue weighted by molar-refractivity contribution is -0.133. The molecule has 1 aliphatic heterocycles. The van der Waals surface area contributed by atoms with Crippen LogP contribution in [0, 0.1) is 5.82 Å². The third-order valence-electron chi connectivity index (χ3n) is 2.83. The second-order valence-electron chi connectivity index (χ2n) is 4.17. The Labute approximate surface area is 88.7 Å². The summed E-state index contributed by atoms with van der Waals surface area (Å²) >= 11 is 0. The Balaban J connectivity index is 2.39. The van der Waals surface area contributed by atoms with Crippen LogP contribution in [0.5, 0.6) is 0 Å². The van der Waals surface area contributed by atoms with Crippen LogP contribution in [0.15, 0.2) is 18.2 Å². The lowest BCUT2D eigenvalue weighted by Gasteiger charge is -2.32.